The zero-order chi connectivity index (χ0) is 24.7. The summed E-state index contributed by atoms with van der Waals surface area (Å²) < 4.78 is 6.03. The van der Waals surface area contributed by atoms with Gasteiger partial charge in [-0.15, -0.1) is 0 Å². The fourth-order valence-electron chi connectivity index (χ4n) is 4.52. The molecular weight excluding hydrogens is 434 g/mol. The highest BCUT2D eigenvalue weighted by Crippen LogP contribution is 2.25. The lowest BCUT2D eigenvalue weighted by molar-refractivity contribution is 0.109. The largest absolute Gasteiger partial charge is 0.457 e. The number of ether oxygens (including phenoxy) is 1. The van der Waals surface area contributed by atoms with Crippen molar-refractivity contribution in [1.82, 2.24) is 15.1 Å². The molecule has 0 aliphatic carbocycles. The number of urea groups is 1. The number of rotatable bonds is 7. The summed E-state index contributed by atoms with van der Waals surface area (Å²) in [6.07, 6.45) is 1.93. The second kappa shape index (κ2) is 11.4. The van der Waals surface area contributed by atoms with Crippen molar-refractivity contribution in [2.24, 2.45) is 0 Å². The molecule has 0 aromatic heterocycles. The van der Waals surface area contributed by atoms with Gasteiger partial charge in [-0.3, -0.25) is 4.90 Å². The molecule has 0 atom stereocenters. The van der Waals surface area contributed by atoms with Gasteiger partial charge in [-0.25, -0.2) is 4.79 Å². The Morgan fingerprint density at radius 3 is 2.14 bits per heavy atom. The first kappa shape index (κ1) is 24.8. The quantitative estimate of drug-likeness (QED) is 0.430. The van der Waals surface area contributed by atoms with E-state index >= 15 is 0 Å². The van der Waals surface area contributed by atoms with Crippen LogP contribution in [0.15, 0.2) is 84.9 Å². The lowest BCUT2D eigenvalue weighted by Crippen LogP contribution is -2.54. The van der Waals surface area contributed by atoms with E-state index < -0.39 is 0 Å². The van der Waals surface area contributed by atoms with E-state index in [4.69, 9.17) is 4.74 Å². The first-order valence-electron chi connectivity index (χ1n) is 12.5. The molecule has 0 saturated carbocycles. The van der Waals surface area contributed by atoms with Crippen LogP contribution in [-0.4, -0.2) is 40.5 Å². The van der Waals surface area contributed by atoms with Crippen LogP contribution in [0.4, 0.5) is 4.79 Å². The zero-order valence-electron chi connectivity index (χ0n) is 21.1. The van der Waals surface area contributed by atoms with Gasteiger partial charge in [-0.2, -0.15) is 0 Å². The zero-order valence-corrected chi connectivity index (χ0v) is 21.1. The Morgan fingerprint density at radius 2 is 1.49 bits per heavy atom. The molecular formula is C30H37N3O2. The molecule has 1 heterocycles. The van der Waals surface area contributed by atoms with Crippen molar-refractivity contribution >= 4 is 6.03 Å². The summed E-state index contributed by atoms with van der Waals surface area (Å²) in [5, 5.41) is 3.18. The van der Waals surface area contributed by atoms with Gasteiger partial charge in [-0.05, 0) is 69.0 Å². The van der Waals surface area contributed by atoms with Gasteiger partial charge in [-0.1, -0.05) is 60.7 Å². The van der Waals surface area contributed by atoms with Crippen LogP contribution in [0.25, 0.3) is 0 Å². The fraction of sp³-hybridized carbons (Fsp3) is 0.367. The highest BCUT2D eigenvalue weighted by molar-refractivity contribution is 5.75. The predicted molar refractivity (Wildman–Crippen MR) is 142 cm³/mol. The molecule has 0 spiro atoms. The molecule has 1 saturated heterocycles. The number of nitrogens with zero attached hydrogens (tertiary/aromatic N) is 2. The topological polar surface area (TPSA) is 44.8 Å². The van der Waals surface area contributed by atoms with Crippen LogP contribution in [0.2, 0.25) is 0 Å². The predicted octanol–water partition coefficient (Wildman–Crippen LogP) is 6.45. The number of nitrogens with one attached hydrogen (secondary N) is 1. The van der Waals surface area contributed by atoms with Gasteiger partial charge in [0, 0.05) is 37.8 Å². The molecule has 184 valence electrons. The maximum Gasteiger partial charge on any atom is 0.318 e. The molecule has 5 nitrogen and oxygen atoms in total. The summed E-state index contributed by atoms with van der Waals surface area (Å²) >= 11 is 0. The van der Waals surface area contributed by atoms with Crippen LogP contribution in [0.5, 0.6) is 11.5 Å². The Balaban J connectivity index is 1.44. The minimum absolute atomic E-state index is 0.00612. The molecule has 35 heavy (non-hydrogen) atoms. The number of para-hydroxylation sites is 1. The maximum atomic E-state index is 13.4. The monoisotopic (exact) mass is 471 g/mol. The van der Waals surface area contributed by atoms with Crippen molar-refractivity contribution < 1.29 is 9.53 Å². The number of benzene rings is 3. The van der Waals surface area contributed by atoms with Crippen LogP contribution >= 0.6 is 0 Å². The molecule has 1 aliphatic heterocycles. The van der Waals surface area contributed by atoms with Crippen molar-refractivity contribution in [2.75, 3.05) is 13.1 Å². The summed E-state index contributed by atoms with van der Waals surface area (Å²) in [7, 11) is 0. The van der Waals surface area contributed by atoms with Crippen molar-refractivity contribution in [2.45, 2.75) is 58.3 Å². The molecule has 4 rings (SSSR count). The van der Waals surface area contributed by atoms with Crippen molar-refractivity contribution in [3.8, 4) is 11.5 Å². The van der Waals surface area contributed by atoms with Crippen LogP contribution in [0.1, 0.15) is 44.7 Å². The third-order valence-electron chi connectivity index (χ3n) is 6.22. The average Bonchev–Trinajstić information content (AvgIpc) is 2.84. The van der Waals surface area contributed by atoms with Crippen molar-refractivity contribution in [1.29, 1.82) is 0 Å². The number of piperidine rings is 1. The van der Waals surface area contributed by atoms with Crippen LogP contribution in [-0.2, 0) is 13.1 Å². The Kier molecular flexibility index (Phi) is 8.09. The van der Waals surface area contributed by atoms with E-state index in [1.54, 1.807) is 0 Å². The first-order chi connectivity index (χ1) is 16.9. The van der Waals surface area contributed by atoms with Crippen LogP contribution < -0.4 is 10.1 Å². The van der Waals surface area contributed by atoms with E-state index in [1.807, 2.05) is 74.2 Å². The van der Waals surface area contributed by atoms with Gasteiger partial charge >= 0.3 is 6.03 Å². The Labute approximate surface area is 209 Å². The lowest BCUT2D eigenvalue weighted by atomic mass is 10.0. The summed E-state index contributed by atoms with van der Waals surface area (Å²) in [5.41, 5.74) is 2.11. The molecule has 1 fully saturated rings. The third kappa shape index (κ3) is 7.59. The van der Waals surface area contributed by atoms with Gasteiger partial charge in [0.25, 0.3) is 0 Å². The number of amides is 2. The molecule has 1 N–H and O–H groups in total. The van der Waals surface area contributed by atoms with E-state index in [-0.39, 0.29) is 17.6 Å². The number of hydrogen-bond acceptors (Lipinski definition) is 3. The third-order valence-corrected chi connectivity index (χ3v) is 6.22. The normalized spacial score (nSPS) is 14.9. The first-order valence-corrected chi connectivity index (χ1v) is 12.5. The van der Waals surface area contributed by atoms with E-state index in [0.29, 0.717) is 6.54 Å². The van der Waals surface area contributed by atoms with Crippen molar-refractivity contribution in [3.05, 3.63) is 96.1 Å². The molecule has 1 aliphatic rings. The van der Waals surface area contributed by atoms with Gasteiger partial charge in [0.2, 0.25) is 0 Å². The summed E-state index contributed by atoms with van der Waals surface area (Å²) in [6.45, 7) is 9.56. The SMILES string of the molecule is CC(C)(C)NC(=O)N(Cc1cccc(Oc2ccccc2)c1)C1CCN(Cc2ccccc2)CC1. The molecule has 3 aromatic rings. The van der Waals surface area contributed by atoms with Crippen molar-refractivity contribution in [3.63, 3.8) is 0 Å². The Morgan fingerprint density at radius 1 is 0.886 bits per heavy atom. The summed E-state index contributed by atoms with van der Waals surface area (Å²) in [5.74, 6) is 1.58. The van der Waals surface area contributed by atoms with Gasteiger partial charge < -0.3 is 15.0 Å². The molecule has 3 aromatic carbocycles. The van der Waals surface area contributed by atoms with Gasteiger partial charge in [0.15, 0.2) is 0 Å². The van der Waals surface area contributed by atoms with E-state index in [2.05, 4.69) is 46.6 Å². The number of carbonyl (C=O) groups is 1. The smallest absolute Gasteiger partial charge is 0.318 e. The lowest BCUT2D eigenvalue weighted by Gasteiger charge is -2.40. The maximum absolute atomic E-state index is 13.4. The molecule has 5 heteroatoms. The molecule has 2 amide bonds. The second-order valence-electron chi connectivity index (χ2n) is 10.4. The molecule has 0 radical (unpaired) electrons. The molecule has 0 bridgehead atoms. The number of hydrogen-bond donors (Lipinski definition) is 1. The summed E-state index contributed by atoms with van der Waals surface area (Å²) in [6, 6.07) is 28.6. The number of likely N-dealkylation sites (tertiary alicyclic amines) is 1. The van der Waals surface area contributed by atoms with Gasteiger partial charge in [0.05, 0.1) is 0 Å². The van der Waals surface area contributed by atoms with Crippen LogP contribution in [0.3, 0.4) is 0 Å². The average molecular weight is 472 g/mol. The highest BCUT2D eigenvalue weighted by atomic mass is 16.5. The Bertz CT molecular complexity index is 1070. The number of carbonyl (C=O) groups excluding carboxylic acids is 1. The minimum atomic E-state index is -0.290. The van der Waals surface area contributed by atoms with E-state index in [9.17, 15) is 4.79 Å². The standard InChI is InChI=1S/C30H37N3O2/c1-30(2,3)31-29(34)33(26-17-19-32(20-18-26)22-24-11-6-4-7-12-24)23-25-13-10-16-28(21-25)35-27-14-8-5-9-15-27/h4-16,21,26H,17-20,22-23H2,1-3H3,(H,31,34). The fourth-order valence-corrected chi connectivity index (χ4v) is 4.52. The summed E-state index contributed by atoms with van der Waals surface area (Å²) in [4.78, 5) is 17.9. The minimum Gasteiger partial charge on any atom is -0.457 e. The molecule has 0 unspecified atom stereocenters. The van der Waals surface area contributed by atoms with E-state index in [1.165, 1.54) is 5.56 Å². The highest BCUT2D eigenvalue weighted by Gasteiger charge is 2.30. The van der Waals surface area contributed by atoms with E-state index in [0.717, 1.165) is 49.5 Å². The van der Waals surface area contributed by atoms with Crippen LogP contribution in [0, 0.1) is 0 Å². The van der Waals surface area contributed by atoms with Gasteiger partial charge in [0.1, 0.15) is 11.5 Å². The Hall–Kier alpha value is -3.31. The second-order valence-corrected chi connectivity index (χ2v) is 10.4.